The molecule has 0 saturated heterocycles. The first kappa shape index (κ1) is 17.5. The van der Waals surface area contributed by atoms with E-state index in [2.05, 4.69) is 25.1 Å². The van der Waals surface area contributed by atoms with Crippen molar-refractivity contribution in [1.82, 2.24) is 25.1 Å². The molecule has 7 heteroatoms. The van der Waals surface area contributed by atoms with Crippen molar-refractivity contribution in [2.45, 2.75) is 26.3 Å². The van der Waals surface area contributed by atoms with Gasteiger partial charge in [0.1, 0.15) is 5.75 Å². The Morgan fingerprint density at radius 3 is 2.81 bits per heavy atom. The summed E-state index contributed by atoms with van der Waals surface area (Å²) in [6.07, 6.45) is 4.88. The first-order valence-electron chi connectivity index (χ1n) is 9.28. The molecular weight excluding hydrogens is 342 g/mol. The quantitative estimate of drug-likeness (QED) is 0.724. The number of aromatic amines is 2. The molecule has 2 aromatic heterocycles. The Labute approximate surface area is 157 Å². The number of nitrogens with one attached hydrogen (secondary N) is 2. The molecule has 0 spiro atoms. The van der Waals surface area contributed by atoms with E-state index in [1.807, 2.05) is 37.4 Å². The second kappa shape index (κ2) is 7.75. The fraction of sp³-hybridized carbons (Fsp3) is 0.350. The van der Waals surface area contributed by atoms with Gasteiger partial charge in [-0.15, -0.1) is 0 Å². The molecule has 0 atom stereocenters. The molecule has 7 nitrogen and oxygen atoms in total. The molecule has 4 rings (SSSR count). The predicted octanol–water partition coefficient (Wildman–Crippen LogP) is 2.16. The van der Waals surface area contributed by atoms with E-state index in [9.17, 15) is 4.79 Å². The van der Waals surface area contributed by atoms with Crippen LogP contribution in [0.3, 0.4) is 0 Å². The fourth-order valence-corrected chi connectivity index (χ4v) is 3.55. The first-order chi connectivity index (χ1) is 13.2. The highest BCUT2D eigenvalue weighted by Crippen LogP contribution is 2.25. The zero-order chi connectivity index (χ0) is 18.6. The lowest BCUT2D eigenvalue weighted by Gasteiger charge is -2.19. The van der Waals surface area contributed by atoms with Crippen molar-refractivity contribution in [1.29, 1.82) is 0 Å². The van der Waals surface area contributed by atoms with Crippen molar-refractivity contribution in [3.05, 3.63) is 64.0 Å². The van der Waals surface area contributed by atoms with E-state index < -0.39 is 0 Å². The number of hydrogen-bond donors (Lipinski definition) is 2. The molecule has 0 radical (unpaired) electrons. The standard InChI is InChI=1S/C20H23N5O2/c1-2-27-16-5-3-14(4-6-16)19-15(11-23-24-19)12-25-9-7-17-18(8-10-25)21-13-22-20(17)26/h3-6,11,13H,2,7-10,12H2,1H3,(H,23,24)(H,21,22,26). The fourth-order valence-electron chi connectivity index (χ4n) is 3.55. The maximum absolute atomic E-state index is 12.0. The van der Waals surface area contributed by atoms with Crippen LogP contribution in [0.25, 0.3) is 11.3 Å². The largest absolute Gasteiger partial charge is 0.494 e. The van der Waals surface area contributed by atoms with Gasteiger partial charge in [0.25, 0.3) is 5.56 Å². The van der Waals surface area contributed by atoms with Crippen LogP contribution in [0.15, 0.2) is 41.6 Å². The molecule has 0 unspecified atom stereocenters. The highest BCUT2D eigenvalue weighted by atomic mass is 16.5. The minimum Gasteiger partial charge on any atom is -0.494 e. The lowest BCUT2D eigenvalue weighted by molar-refractivity contribution is 0.279. The minimum absolute atomic E-state index is 0.0137. The number of aromatic nitrogens is 4. The number of hydrogen-bond acceptors (Lipinski definition) is 5. The van der Waals surface area contributed by atoms with Crippen LogP contribution >= 0.6 is 0 Å². The van der Waals surface area contributed by atoms with Crippen LogP contribution in [0.2, 0.25) is 0 Å². The zero-order valence-electron chi connectivity index (χ0n) is 15.4. The van der Waals surface area contributed by atoms with Crippen LogP contribution in [0.1, 0.15) is 23.7 Å². The summed E-state index contributed by atoms with van der Waals surface area (Å²) in [5.74, 6) is 0.866. The topological polar surface area (TPSA) is 86.9 Å². The van der Waals surface area contributed by atoms with E-state index in [-0.39, 0.29) is 5.56 Å². The molecule has 3 aromatic rings. The predicted molar refractivity (Wildman–Crippen MR) is 103 cm³/mol. The molecule has 0 bridgehead atoms. The summed E-state index contributed by atoms with van der Waals surface area (Å²) in [7, 11) is 0. The third kappa shape index (κ3) is 3.78. The van der Waals surface area contributed by atoms with Crippen LogP contribution in [-0.2, 0) is 19.4 Å². The van der Waals surface area contributed by atoms with Crippen molar-refractivity contribution < 1.29 is 4.74 Å². The van der Waals surface area contributed by atoms with Crippen molar-refractivity contribution in [3.8, 4) is 17.0 Å². The lowest BCUT2D eigenvalue weighted by Crippen LogP contribution is -2.26. The summed E-state index contributed by atoms with van der Waals surface area (Å²) in [6.45, 7) is 5.12. The monoisotopic (exact) mass is 365 g/mol. The maximum Gasteiger partial charge on any atom is 0.254 e. The van der Waals surface area contributed by atoms with Gasteiger partial charge in [-0.3, -0.25) is 14.8 Å². The van der Waals surface area contributed by atoms with Gasteiger partial charge < -0.3 is 9.72 Å². The number of benzene rings is 1. The number of H-pyrrole nitrogens is 2. The second-order valence-corrected chi connectivity index (χ2v) is 6.66. The summed E-state index contributed by atoms with van der Waals surface area (Å²) in [5.41, 5.74) is 4.98. The Kier molecular flexibility index (Phi) is 5.02. The van der Waals surface area contributed by atoms with Gasteiger partial charge >= 0.3 is 0 Å². The number of fused-ring (bicyclic) bond motifs is 1. The lowest BCUT2D eigenvalue weighted by atomic mass is 10.1. The summed E-state index contributed by atoms with van der Waals surface area (Å²) < 4.78 is 5.52. The van der Waals surface area contributed by atoms with Crippen LogP contribution in [-0.4, -0.2) is 44.8 Å². The molecule has 1 aliphatic heterocycles. The molecule has 3 heterocycles. The Morgan fingerprint density at radius 1 is 1.19 bits per heavy atom. The Bertz CT molecular complexity index is 961. The maximum atomic E-state index is 12.0. The molecular formula is C20H23N5O2. The average Bonchev–Trinajstić information content (AvgIpc) is 3.03. The Hall–Kier alpha value is -2.93. The normalized spacial score (nSPS) is 14.6. The van der Waals surface area contributed by atoms with Gasteiger partial charge in [-0.05, 0) is 37.6 Å². The third-order valence-corrected chi connectivity index (χ3v) is 4.95. The first-order valence-corrected chi connectivity index (χ1v) is 9.28. The Morgan fingerprint density at radius 2 is 2.00 bits per heavy atom. The van der Waals surface area contributed by atoms with Gasteiger partial charge in [-0.2, -0.15) is 5.10 Å². The van der Waals surface area contributed by atoms with Gasteiger partial charge in [-0.25, -0.2) is 4.98 Å². The van der Waals surface area contributed by atoms with Gasteiger partial charge in [0, 0.05) is 42.7 Å². The van der Waals surface area contributed by atoms with E-state index in [1.54, 1.807) is 0 Å². The third-order valence-electron chi connectivity index (χ3n) is 4.95. The molecule has 27 heavy (non-hydrogen) atoms. The van der Waals surface area contributed by atoms with E-state index >= 15 is 0 Å². The van der Waals surface area contributed by atoms with Crippen molar-refractivity contribution in [2.24, 2.45) is 0 Å². The molecule has 140 valence electrons. The molecule has 2 N–H and O–H groups in total. The van der Waals surface area contributed by atoms with Crippen molar-refractivity contribution in [3.63, 3.8) is 0 Å². The molecule has 0 saturated carbocycles. The second-order valence-electron chi connectivity index (χ2n) is 6.66. The van der Waals surface area contributed by atoms with Gasteiger partial charge in [0.15, 0.2) is 0 Å². The van der Waals surface area contributed by atoms with Crippen LogP contribution in [0, 0.1) is 0 Å². The Balaban J connectivity index is 1.49. The summed E-state index contributed by atoms with van der Waals surface area (Å²) in [6, 6.07) is 8.04. The van der Waals surface area contributed by atoms with E-state index in [0.717, 1.165) is 66.3 Å². The van der Waals surface area contributed by atoms with Gasteiger partial charge in [0.05, 0.1) is 30.5 Å². The highest BCUT2D eigenvalue weighted by molar-refractivity contribution is 5.63. The van der Waals surface area contributed by atoms with Crippen LogP contribution < -0.4 is 10.3 Å². The van der Waals surface area contributed by atoms with Crippen LogP contribution in [0.5, 0.6) is 5.75 Å². The zero-order valence-corrected chi connectivity index (χ0v) is 15.4. The summed E-state index contributed by atoms with van der Waals surface area (Å²) in [4.78, 5) is 21.4. The van der Waals surface area contributed by atoms with Crippen LogP contribution in [0.4, 0.5) is 0 Å². The molecule has 1 aromatic carbocycles. The molecule has 0 aliphatic carbocycles. The summed E-state index contributed by atoms with van der Waals surface area (Å²) in [5, 5.41) is 7.37. The van der Waals surface area contributed by atoms with Gasteiger partial charge in [-0.1, -0.05) is 0 Å². The molecule has 1 aliphatic rings. The molecule has 0 amide bonds. The summed E-state index contributed by atoms with van der Waals surface area (Å²) >= 11 is 0. The average molecular weight is 365 g/mol. The van der Waals surface area contributed by atoms with Gasteiger partial charge in [0.2, 0.25) is 0 Å². The minimum atomic E-state index is -0.0137. The number of ether oxygens (including phenoxy) is 1. The SMILES string of the molecule is CCOc1ccc(-c2[nH]ncc2CN2CCc3nc[nH]c(=O)c3CC2)cc1. The van der Waals surface area contributed by atoms with Crippen molar-refractivity contribution in [2.75, 3.05) is 19.7 Å². The smallest absolute Gasteiger partial charge is 0.254 e. The van der Waals surface area contributed by atoms with E-state index in [0.29, 0.717) is 6.61 Å². The van der Waals surface area contributed by atoms with E-state index in [4.69, 9.17) is 4.74 Å². The van der Waals surface area contributed by atoms with E-state index in [1.165, 1.54) is 6.33 Å². The van der Waals surface area contributed by atoms with Crippen molar-refractivity contribution >= 4 is 0 Å². The highest BCUT2D eigenvalue weighted by Gasteiger charge is 2.19. The number of rotatable bonds is 5. The number of nitrogens with zero attached hydrogens (tertiary/aromatic N) is 3. The molecule has 0 fully saturated rings.